The first-order valence-corrected chi connectivity index (χ1v) is 10.8. The Bertz CT molecular complexity index is 1600. The Morgan fingerprint density at radius 2 is 1.61 bits per heavy atom. The van der Waals surface area contributed by atoms with Gasteiger partial charge in [-0.15, -0.1) is 23.4 Å². The summed E-state index contributed by atoms with van der Waals surface area (Å²) in [6.45, 7) is 0. The molecule has 0 radical (unpaired) electrons. The quantitative estimate of drug-likeness (QED) is 0.221. The number of hydrogen-bond acceptors (Lipinski definition) is 6. The monoisotopic (exact) mass is 531 g/mol. The van der Waals surface area contributed by atoms with Crippen molar-refractivity contribution < 1.29 is 35.8 Å². The molecule has 0 bridgehead atoms. The molecule has 0 fully saturated rings. The van der Waals surface area contributed by atoms with Crippen molar-refractivity contribution in [2.75, 3.05) is 5.32 Å². The van der Waals surface area contributed by atoms with Crippen LogP contribution < -0.4 is 14.8 Å². The van der Waals surface area contributed by atoms with Crippen LogP contribution in [0.5, 0.6) is 17.2 Å². The van der Waals surface area contributed by atoms with Gasteiger partial charge in [0.1, 0.15) is 17.2 Å². The van der Waals surface area contributed by atoms with Crippen LogP contribution >= 0.6 is 0 Å². The molecule has 0 amide bonds. The number of benzene rings is 3. The highest BCUT2D eigenvalue weighted by molar-refractivity contribution is 5.86. The zero-order valence-electron chi connectivity index (χ0n) is 18.9. The lowest BCUT2D eigenvalue weighted by atomic mass is 10.2. The molecular weight excluding hydrogens is 516 g/mol. The van der Waals surface area contributed by atoms with Crippen molar-refractivity contribution in [1.82, 2.24) is 20.2 Å². The number of aromatic nitrogens is 4. The summed E-state index contributed by atoms with van der Waals surface area (Å²) in [4.78, 5) is 6.97. The van der Waals surface area contributed by atoms with Crippen molar-refractivity contribution in [3.05, 3.63) is 84.6 Å². The van der Waals surface area contributed by atoms with Crippen LogP contribution in [-0.4, -0.2) is 26.5 Å². The molecule has 0 atom stereocenters. The average Bonchev–Trinajstić information content (AvgIpc) is 3.31. The van der Waals surface area contributed by atoms with Crippen molar-refractivity contribution in [2.45, 2.75) is 12.5 Å². The van der Waals surface area contributed by atoms with Gasteiger partial charge in [-0.3, -0.25) is 4.98 Å². The minimum absolute atomic E-state index is 0.127. The van der Waals surface area contributed by atoms with Gasteiger partial charge < -0.3 is 19.8 Å². The first-order chi connectivity index (χ1) is 18.0. The van der Waals surface area contributed by atoms with Crippen LogP contribution in [0, 0.1) is 0 Å². The minimum Gasteiger partial charge on any atom is -0.457 e. The molecule has 0 saturated carbocycles. The van der Waals surface area contributed by atoms with Gasteiger partial charge in [0, 0.05) is 28.9 Å². The Labute approximate surface area is 210 Å². The van der Waals surface area contributed by atoms with Crippen LogP contribution in [0.2, 0.25) is 0 Å². The molecule has 0 aliphatic heterocycles. The molecule has 3 aromatic carbocycles. The van der Waals surface area contributed by atoms with E-state index in [0.717, 1.165) is 24.3 Å². The Morgan fingerprint density at radius 1 is 0.789 bits per heavy atom. The standard InChI is InChI=1S/C25H15F6N5O2/c26-24(27,28)15-4-2-5-16(12-15)33-23-34-22(35-36-23)14-3-1-6-17(11-14)37-21-9-10-32-20-13-18(7-8-19(20)21)38-25(29,30)31/h1-13H,(H2,33,34,35,36). The first-order valence-electron chi connectivity index (χ1n) is 10.8. The second-order valence-corrected chi connectivity index (χ2v) is 7.89. The highest BCUT2D eigenvalue weighted by Gasteiger charge is 2.31. The summed E-state index contributed by atoms with van der Waals surface area (Å²) in [7, 11) is 0. The van der Waals surface area contributed by atoms with E-state index in [2.05, 4.69) is 30.2 Å². The largest absolute Gasteiger partial charge is 0.573 e. The number of alkyl halides is 6. The molecule has 0 unspecified atom stereocenters. The van der Waals surface area contributed by atoms with E-state index in [-0.39, 0.29) is 17.2 Å². The number of ether oxygens (including phenoxy) is 2. The van der Waals surface area contributed by atoms with Gasteiger partial charge in [0.05, 0.1) is 11.1 Å². The molecule has 13 heteroatoms. The zero-order chi connectivity index (χ0) is 26.9. The third-order valence-electron chi connectivity index (χ3n) is 5.18. The third kappa shape index (κ3) is 5.77. The topological polar surface area (TPSA) is 85.0 Å². The molecule has 38 heavy (non-hydrogen) atoms. The summed E-state index contributed by atoms with van der Waals surface area (Å²) in [6.07, 6.45) is -7.92. The molecule has 7 nitrogen and oxygen atoms in total. The van der Waals surface area contributed by atoms with Crippen molar-refractivity contribution in [3.8, 4) is 28.6 Å². The van der Waals surface area contributed by atoms with Gasteiger partial charge in [0.2, 0.25) is 5.95 Å². The van der Waals surface area contributed by atoms with Gasteiger partial charge in [-0.1, -0.05) is 18.2 Å². The molecule has 0 spiro atoms. The number of hydrogen-bond donors (Lipinski definition) is 2. The predicted octanol–water partition coefficient (Wildman–Crippen LogP) is 7.47. The van der Waals surface area contributed by atoms with Crippen LogP contribution in [0.15, 0.2) is 79.0 Å². The number of rotatable bonds is 6. The number of fused-ring (bicyclic) bond motifs is 1. The summed E-state index contributed by atoms with van der Waals surface area (Å²) >= 11 is 0. The smallest absolute Gasteiger partial charge is 0.457 e. The Balaban J connectivity index is 1.35. The maximum absolute atomic E-state index is 13.0. The maximum atomic E-state index is 13.0. The lowest BCUT2D eigenvalue weighted by molar-refractivity contribution is -0.274. The first kappa shape index (κ1) is 24.9. The second kappa shape index (κ2) is 9.57. The van der Waals surface area contributed by atoms with Crippen LogP contribution in [0.4, 0.5) is 38.0 Å². The van der Waals surface area contributed by atoms with Crippen molar-refractivity contribution in [1.29, 1.82) is 0 Å². The van der Waals surface area contributed by atoms with Gasteiger partial charge >= 0.3 is 12.5 Å². The molecule has 0 saturated heterocycles. The normalized spacial score (nSPS) is 11.9. The van der Waals surface area contributed by atoms with Crippen LogP contribution in [0.25, 0.3) is 22.3 Å². The number of anilines is 2. The van der Waals surface area contributed by atoms with Gasteiger partial charge in [-0.2, -0.15) is 13.2 Å². The minimum atomic E-state index is -4.83. The number of nitrogens with one attached hydrogen (secondary N) is 2. The highest BCUT2D eigenvalue weighted by Crippen LogP contribution is 2.34. The van der Waals surface area contributed by atoms with E-state index in [9.17, 15) is 26.3 Å². The van der Waals surface area contributed by atoms with E-state index >= 15 is 0 Å². The van der Waals surface area contributed by atoms with Gasteiger partial charge in [0.15, 0.2) is 5.82 Å². The Hall–Kier alpha value is -4.81. The number of pyridine rings is 1. The molecule has 2 aromatic heterocycles. The fourth-order valence-electron chi connectivity index (χ4n) is 3.58. The maximum Gasteiger partial charge on any atom is 0.573 e. The lowest BCUT2D eigenvalue weighted by Gasteiger charge is -2.12. The van der Waals surface area contributed by atoms with Crippen molar-refractivity contribution in [2.24, 2.45) is 0 Å². The number of halogens is 6. The average molecular weight is 531 g/mol. The molecule has 0 aliphatic carbocycles. The summed E-state index contributed by atoms with van der Waals surface area (Å²) < 4.78 is 86.4. The summed E-state index contributed by atoms with van der Waals surface area (Å²) in [5.41, 5.74) is 0.167. The van der Waals surface area contributed by atoms with E-state index in [4.69, 9.17) is 4.74 Å². The molecule has 2 heterocycles. The second-order valence-electron chi connectivity index (χ2n) is 7.89. The number of nitrogens with zero attached hydrogens (tertiary/aromatic N) is 3. The van der Waals surface area contributed by atoms with Gasteiger partial charge in [0.25, 0.3) is 0 Å². The van der Waals surface area contributed by atoms with Crippen LogP contribution in [-0.2, 0) is 6.18 Å². The zero-order valence-corrected chi connectivity index (χ0v) is 18.9. The van der Waals surface area contributed by atoms with E-state index in [1.807, 2.05) is 0 Å². The van der Waals surface area contributed by atoms with Crippen LogP contribution in [0.1, 0.15) is 5.56 Å². The lowest BCUT2D eigenvalue weighted by Crippen LogP contribution is -2.17. The van der Waals surface area contributed by atoms with E-state index in [1.165, 1.54) is 24.4 Å². The predicted molar refractivity (Wildman–Crippen MR) is 125 cm³/mol. The summed E-state index contributed by atoms with van der Waals surface area (Å²) in [5.74, 6) is 0.766. The van der Waals surface area contributed by atoms with E-state index < -0.39 is 23.9 Å². The third-order valence-corrected chi connectivity index (χ3v) is 5.18. The summed E-state index contributed by atoms with van der Waals surface area (Å²) in [6, 6.07) is 16.6. The van der Waals surface area contributed by atoms with E-state index in [0.29, 0.717) is 28.3 Å². The van der Waals surface area contributed by atoms with Crippen molar-refractivity contribution >= 4 is 22.5 Å². The fourth-order valence-corrected chi connectivity index (χ4v) is 3.58. The Morgan fingerprint density at radius 3 is 2.39 bits per heavy atom. The SMILES string of the molecule is FC(F)(F)Oc1ccc2c(Oc3cccc(-c4nnc(Nc5cccc(C(F)(F)F)c5)[nH]4)c3)ccnc2c1. The van der Waals surface area contributed by atoms with E-state index in [1.54, 1.807) is 30.3 Å². The Kier molecular flexibility index (Phi) is 6.27. The van der Waals surface area contributed by atoms with Gasteiger partial charge in [-0.25, -0.2) is 0 Å². The molecule has 0 aliphatic rings. The fraction of sp³-hybridized carbons (Fsp3) is 0.0800. The number of aromatic amines is 1. The molecule has 194 valence electrons. The van der Waals surface area contributed by atoms with Gasteiger partial charge in [-0.05, 0) is 48.5 Å². The molecule has 2 N–H and O–H groups in total. The summed E-state index contributed by atoms with van der Waals surface area (Å²) in [5, 5.41) is 11.2. The highest BCUT2D eigenvalue weighted by atomic mass is 19.4. The van der Waals surface area contributed by atoms with Crippen LogP contribution in [0.3, 0.4) is 0 Å². The molecular formula is C25H15F6N5O2. The van der Waals surface area contributed by atoms with Crippen molar-refractivity contribution in [3.63, 3.8) is 0 Å². The molecule has 5 rings (SSSR count). The molecule has 5 aromatic rings. The number of H-pyrrole nitrogens is 1.